The van der Waals surface area contributed by atoms with E-state index in [1.54, 1.807) is 18.2 Å². The number of hydrogen-bond donors (Lipinski definition) is 1. The lowest BCUT2D eigenvalue weighted by Gasteiger charge is -2.07. The van der Waals surface area contributed by atoms with Gasteiger partial charge in [0.2, 0.25) is 0 Å². The van der Waals surface area contributed by atoms with E-state index in [1.807, 2.05) is 18.2 Å². The van der Waals surface area contributed by atoms with E-state index in [4.69, 9.17) is 16.3 Å². The topological polar surface area (TPSA) is 38.3 Å². The summed E-state index contributed by atoms with van der Waals surface area (Å²) in [5, 5.41) is 3.39. The fraction of sp³-hybridized carbons (Fsp3) is 0.133. The van der Waals surface area contributed by atoms with Crippen LogP contribution in [0.1, 0.15) is 21.5 Å². The molecule has 1 amide bonds. The van der Waals surface area contributed by atoms with Gasteiger partial charge in [-0.15, -0.1) is 0 Å². The molecule has 5 heteroatoms. The molecule has 0 aliphatic carbocycles. The van der Waals surface area contributed by atoms with Crippen LogP contribution in [0.4, 0.5) is 5.69 Å². The van der Waals surface area contributed by atoms with Gasteiger partial charge in [-0.1, -0.05) is 17.7 Å². The van der Waals surface area contributed by atoms with E-state index in [0.717, 1.165) is 15.6 Å². The quantitative estimate of drug-likeness (QED) is 0.871. The normalized spacial score (nSPS) is 13.1. The van der Waals surface area contributed by atoms with E-state index >= 15 is 0 Å². The fourth-order valence-corrected chi connectivity index (χ4v) is 2.52. The van der Waals surface area contributed by atoms with Crippen molar-refractivity contribution < 1.29 is 9.53 Å². The summed E-state index contributed by atoms with van der Waals surface area (Å²) in [6, 6.07) is 10.9. The predicted molar refractivity (Wildman–Crippen MR) is 82.0 cm³/mol. The molecule has 2 aromatic rings. The van der Waals surface area contributed by atoms with Crippen molar-refractivity contribution in [2.75, 3.05) is 5.32 Å². The number of benzene rings is 2. The maximum absolute atomic E-state index is 12.2. The van der Waals surface area contributed by atoms with Crippen molar-refractivity contribution >= 4 is 39.1 Å². The van der Waals surface area contributed by atoms with Gasteiger partial charge < -0.3 is 10.1 Å². The summed E-state index contributed by atoms with van der Waals surface area (Å²) in [5.74, 6) is -0.155. The summed E-state index contributed by atoms with van der Waals surface area (Å²) in [4.78, 5) is 12.2. The van der Waals surface area contributed by atoms with Gasteiger partial charge in [0.25, 0.3) is 5.91 Å². The Morgan fingerprint density at radius 2 is 1.95 bits per heavy atom. The fourth-order valence-electron chi connectivity index (χ4n) is 2.09. The number of fused-ring (bicyclic) bond motifs is 1. The van der Waals surface area contributed by atoms with Gasteiger partial charge in [-0.05, 0) is 57.4 Å². The SMILES string of the molecule is O=C(Nc1ccc(Br)c(Cl)c1)c1ccc2c(c1)COC2. The molecule has 0 unspecified atom stereocenters. The summed E-state index contributed by atoms with van der Waals surface area (Å²) >= 11 is 9.32. The molecule has 1 N–H and O–H groups in total. The molecular weight excluding hydrogens is 342 g/mol. The largest absolute Gasteiger partial charge is 0.372 e. The number of amides is 1. The standard InChI is InChI=1S/C15H11BrClNO2/c16-13-4-3-12(6-14(13)17)18-15(19)9-1-2-10-7-20-8-11(10)5-9/h1-6H,7-8H2,(H,18,19). The summed E-state index contributed by atoms with van der Waals surface area (Å²) in [6.07, 6.45) is 0. The molecule has 1 heterocycles. The molecule has 0 aromatic heterocycles. The number of nitrogens with one attached hydrogen (secondary N) is 1. The maximum atomic E-state index is 12.2. The Balaban J connectivity index is 1.80. The van der Waals surface area contributed by atoms with Gasteiger partial charge in [0.15, 0.2) is 0 Å². The van der Waals surface area contributed by atoms with Crippen LogP contribution in [0.15, 0.2) is 40.9 Å². The highest BCUT2D eigenvalue weighted by Gasteiger charge is 2.14. The highest BCUT2D eigenvalue weighted by atomic mass is 79.9. The summed E-state index contributed by atoms with van der Waals surface area (Å²) in [5.41, 5.74) is 3.51. The second-order valence-corrected chi connectivity index (χ2v) is 5.82. The number of anilines is 1. The molecule has 102 valence electrons. The van der Waals surface area contributed by atoms with Gasteiger partial charge in [0, 0.05) is 15.7 Å². The first kappa shape index (κ1) is 13.6. The van der Waals surface area contributed by atoms with Crippen molar-refractivity contribution in [2.45, 2.75) is 13.2 Å². The van der Waals surface area contributed by atoms with Crippen LogP contribution in [0.3, 0.4) is 0 Å². The van der Waals surface area contributed by atoms with Crippen LogP contribution in [-0.4, -0.2) is 5.91 Å². The Labute approximate surface area is 130 Å². The minimum absolute atomic E-state index is 0.155. The molecular formula is C15H11BrClNO2. The van der Waals surface area contributed by atoms with E-state index < -0.39 is 0 Å². The van der Waals surface area contributed by atoms with Crippen LogP contribution in [0.5, 0.6) is 0 Å². The molecule has 0 bridgehead atoms. The smallest absolute Gasteiger partial charge is 0.255 e. The molecule has 3 rings (SSSR count). The predicted octanol–water partition coefficient (Wildman–Crippen LogP) is 4.39. The number of carbonyl (C=O) groups excluding carboxylic acids is 1. The minimum atomic E-state index is -0.155. The Kier molecular flexibility index (Phi) is 3.78. The lowest BCUT2D eigenvalue weighted by molar-refractivity contribution is 0.102. The van der Waals surface area contributed by atoms with Gasteiger partial charge in [0.1, 0.15) is 0 Å². The average molecular weight is 353 g/mol. The molecule has 0 spiro atoms. The second-order valence-electron chi connectivity index (χ2n) is 4.56. The Morgan fingerprint density at radius 3 is 2.75 bits per heavy atom. The zero-order valence-electron chi connectivity index (χ0n) is 10.5. The van der Waals surface area contributed by atoms with E-state index in [-0.39, 0.29) is 5.91 Å². The minimum Gasteiger partial charge on any atom is -0.372 e. The van der Waals surface area contributed by atoms with Crippen molar-refractivity contribution in [3.8, 4) is 0 Å². The lowest BCUT2D eigenvalue weighted by atomic mass is 10.1. The third kappa shape index (κ3) is 2.73. The first-order valence-corrected chi connectivity index (χ1v) is 7.26. The van der Waals surface area contributed by atoms with Crippen molar-refractivity contribution in [3.63, 3.8) is 0 Å². The van der Waals surface area contributed by atoms with Crippen LogP contribution in [0, 0.1) is 0 Å². The molecule has 0 fully saturated rings. The highest BCUT2D eigenvalue weighted by molar-refractivity contribution is 9.10. The molecule has 1 aliphatic rings. The number of carbonyl (C=O) groups is 1. The van der Waals surface area contributed by atoms with Gasteiger partial charge in [0.05, 0.1) is 18.2 Å². The van der Waals surface area contributed by atoms with E-state index in [2.05, 4.69) is 21.2 Å². The van der Waals surface area contributed by atoms with Crippen LogP contribution in [-0.2, 0) is 18.0 Å². The highest BCUT2D eigenvalue weighted by Crippen LogP contribution is 2.26. The van der Waals surface area contributed by atoms with Crippen LogP contribution in [0.2, 0.25) is 5.02 Å². The summed E-state index contributed by atoms with van der Waals surface area (Å²) in [6.45, 7) is 1.19. The van der Waals surface area contributed by atoms with Crippen LogP contribution in [0.25, 0.3) is 0 Å². The van der Waals surface area contributed by atoms with Crippen LogP contribution >= 0.6 is 27.5 Å². The molecule has 0 atom stereocenters. The lowest BCUT2D eigenvalue weighted by Crippen LogP contribution is -2.12. The third-order valence-electron chi connectivity index (χ3n) is 3.16. The number of rotatable bonds is 2. The molecule has 0 saturated carbocycles. The van der Waals surface area contributed by atoms with E-state index in [1.165, 1.54) is 0 Å². The van der Waals surface area contributed by atoms with E-state index in [0.29, 0.717) is 29.5 Å². The van der Waals surface area contributed by atoms with E-state index in [9.17, 15) is 4.79 Å². The van der Waals surface area contributed by atoms with Crippen molar-refractivity contribution in [3.05, 3.63) is 62.6 Å². The summed E-state index contributed by atoms with van der Waals surface area (Å²) in [7, 11) is 0. The van der Waals surface area contributed by atoms with Gasteiger partial charge in [-0.2, -0.15) is 0 Å². The first-order valence-electron chi connectivity index (χ1n) is 6.09. The van der Waals surface area contributed by atoms with Gasteiger partial charge in [-0.3, -0.25) is 4.79 Å². The Morgan fingerprint density at radius 1 is 1.15 bits per heavy atom. The maximum Gasteiger partial charge on any atom is 0.255 e. The molecule has 3 nitrogen and oxygen atoms in total. The second kappa shape index (κ2) is 5.56. The van der Waals surface area contributed by atoms with Crippen molar-refractivity contribution in [1.82, 2.24) is 0 Å². The average Bonchev–Trinajstić information content (AvgIpc) is 2.90. The zero-order valence-corrected chi connectivity index (χ0v) is 12.8. The molecule has 1 aliphatic heterocycles. The molecule has 20 heavy (non-hydrogen) atoms. The monoisotopic (exact) mass is 351 g/mol. The van der Waals surface area contributed by atoms with Crippen LogP contribution < -0.4 is 5.32 Å². The van der Waals surface area contributed by atoms with Crippen molar-refractivity contribution in [2.24, 2.45) is 0 Å². The molecule has 2 aromatic carbocycles. The van der Waals surface area contributed by atoms with Gasteiger partial charge >= 0.3 is 0 Å². The Bertz CT molecular complexity index is 688. The van der Waals surface area contributed by atoms with Gasteiger partial charge in [-0.25, -0.2) is 0 Å². The zero-order chi connectivity index (χ0) is 14.1. The van der Waals surface area contributed by atoms with Crippen molar-refractivity contribution in [1.29, 1.82) is 0 Å². The number of ether oxygens (including phenoxy) is 1. The summed E-state index contributed by atoms with van der Waals surface area (Å²) < 4.78 is 6.14. The Hall–Kier alpha value is -1.36. The number of halogens is 2. The first-order chi connectivity index (χ1) is 9.63. The molecule has 0 radical (unpaired) electrons. The molecule has 0 saturated heterocycles. The third-order valence-corrected chi connectivity index (χ3v) is 4.39. The number of hydrogen-bond acceptors (Lipinski definition) is 2.